The SMILES string of the molecule is CC(C)n1cc(OCCOc2ccccc2)cn1. The molecule has 0 radical (unpaired) electrons. The molecule has 0 N–H and O–H groups in total. The van der Waals surface area contributed by atoms with Crippen LogP contribution in [0.5, 0.6) is 11.5 Å². The molecule has 18 heavy (non-hydrogen) atoms. The molecule has 0 bridgehead atoms. The summed E-state index contributed by atoms with van der Waals surface area (Å²) in [5.74, 6) is 1.64. The van der Waals surface area contributed by atoms with Crippen molar-refractivity contribution in [3.63, 3.8) is 0 Å². The van der Waals surface area contributed by atoms with Crippen LogP contribution in [0.3, 0.4) is 0 Å². The number of rotatable bonds is 6. The van der Waals surface area contributed by atoms with Gasteiger partial charge >= 0.3 is 0 Å². The average Bonchev–Trinajstić information content (AvgIpc) is 2.85. The first-order valence-electron chi connectivity index (χ1n) is 6.10. The first-order valence-corrected chi connectivity index (χ1v) is 6.10. The van der Waals surface area contributed by atoms with E-state index in [0.29, 0.717) is 19.3 Å². The molecule has 0 aliphatic rings. The molecule has 96 valence electrons. The second-order valence-electron chi connectivity index (χ2n) is 4.26. The van der Waals surface area contributed by atoms with Crippen molar-refractivity contribution >= 4 is 0 Å². The molecular weight excluding hydrogens is 228 g/mol. The quantitative estimate of drug-likeness (QED) is 0.735. The summed E-state index contributed by atoms with van der Waals surface area (Å²) in [6, 6.07) is 10.1. The monoisotopic (exact) mass is 246 g/mol. The third-order valence-electron chi connectivity index (χ3n) is 2.47. The number of ether oxygens (including phenoxy) is 2. The maximum absolute atomic E-state index is 5.55. The molecule has 0 amide bonds. The van der Waals surface area contributed by atoms with Crippen molar-refractivity contribution in [1.82, 2.24) is 9.78 Å². The van der Waals surface area contributed by atoms with Gasteiger partial charge in [-0.15, -0.1) is 0 Å². The predicted molar refractivity (Wildman–Crippen MR) is 70.0 cm³/mol. The third kappa shape index (κ3) is 3.52. The lowest BCUT2D eigenvalue weighted by Gasteiger charge is -2.06. The fraction of sp³-hybridized carbons (Fsp3) is 0.357. The highest BCUT2D eigenvalue weighted by Gasteiger charge is 2.02. The molecule has 0 fully saturated rings. The second kappa shape index (κ2) is 6.10. The first kappa shape index (κ1) is 12.5. The largest absolute Gasteiger partial charge is 0.490 e. The number of hydrogen-bond acceptors (Lipinski definition) is 3. The zero-order valence-corrected chi connectivity index (χ0v) is 10.7. The summed E-state index contributed by atoms with van der Waals surface area (Å²) in [4.78, 5) is 0. The summed E-state index contributed by atoms with van der Waals surface area (Å²) in [5, 5.41) is 4.20. The molecule has 0 saturated carbocycles. The summed E-state index contributed by atoms with van der Waals surface area (Å²) < 4.78 is 12.9. The van der Waals surface area contributed by atoms with Crippen molar-refractivity contribution in [1.29, 1.82) is 0 Å². The number of benzene rings is 1. The number of hydrogen-bond donors (Lipinski definition) is 0. The van der Waals surface area contributed by atoms with Gasteiger partial charge in [-0.05, 0) is 26.0 Å². The van der Waals surface area contributed by atoms with Crippen LogP contribution >= 0.6 is 0 Å². The molecule has 0 saturated heterocycles. The average molecular weight is 246 g/mol. The standard InChI is InChI=1S/C14H18N2O2/c1-12(2)16-11-14(10-15-16)18-9-8-17-13-6-4-3-5-7-13/h3-7,10-12H,8-9H2,1-2H3. The fourth-order valence-electron chi connectivity index (χ4n) is 1.51. The fourth-order valence-corrected chi connectivity index (χ4v) is 1.51. The van der Waals surface area contributed by atoms with E-state index >= 15 is 0 Å². The minimum atomic E-state index is 0.350. The van der Waals surface area contributed by atoms with Crippen LogP contribution in [0, 0.1) is 0 Å². The van der Waals surface area contributed by atoms with E-state index in [4.69, 9.17) is 9.47 Å². The Balaban J connectivity index is 1.72. The van der Waals surface area contributed by atoms with Crippen LogP contribution < -0.4 is 9.47 Å². The van der Waals surface area contributed by atoms with Crippen LogP contribution in [-0.4, -0.2) is 23.0 Å². The van der Waals surface area contributed by atoms with Crippen molar-refractivity contribution in [2.24, 2.45) is 0 Å². The van der Waals surface area contributed by atoms with Crippen LogP contribution in [0.1, 0.15) is 19.9 Å². The molecule has 2 aromatic rings. The van der Waals surface area contributed by atoms with Gasteiger partial charge in [-0.2, -0.15) is 5.10 Å². The van der Waals surface area contributed by atoms with E-state index < -0.39 is 0 Å². The highest BCUT2D eigenvalue weighted by Crippen LogP contribution is 2.12. The zero-order valence-electron chi connectivity index (χ0n) is 10.7. The van der Waals surface area contributed by atoms with Crippen molar-refractivity contribution in [2.75, 3.05) is 13.2 Å². The molecule has 1 heterocycles. The summed E-state index contributed by atoms with van der Waals surface area (Å²) in [7, 11) is 0. The van der Waals surface area contributed by atoms with Gasteiger partial charge in [-0.25, -0.2) is 0 Å². The van der Waals surface area contributed by atoms with Gasteiger partial charge in [-0.1, -0.05) is 18.2 Å². The lowest BCUT2D eigenvalue weighted by Crippen LogP contribution is -2.08. The lowest BCUT2D eigenvalue weighted by atomic mass is 10.3. The van der Waals surface area contributed by atoms with Crippen LogP contribution in [0.15, 0.2) is 42.7 Å². The van der Waals surface area contributed by atoms with E-state index in [1.54, 1.807) is 6.20 Å². The van der Waals surface area contributed by atoms with Gasteiger partial charge < -0.3 is 9.47 Å². The minimum Gasteiger partial charge on any atom is -0.490 e. The minimum absolute atomic E-state index is 0.350. The summed E-state index contributed by atoms with van der Waals surface area (Å²) in [5.41, 5.74) is 0. The number of nitrogens with zero attached hydrogens (tertiary/aromatic N) is 2. The van der Waals surface area contributed by atoms with Gasteiger partial charge in [0, 0.05) is 6.04 Å². The van der Waals surface area contributed by atoms with E-state index in [1.807, 2.05) is 41.2 Å². The maximum atomic E-state index is 5.55. The van der Waals surface area contributed by atoms with Gasteiger partial charge in [0.05, 0.1) is 12.4 Å². The molecule has 0 aliphatic heterocycles. The molecular formula is C14H18N2O2. The van der Waals surface area contributed by atoms with E-state index in [1.165, 1.54) is 0 Å². The lowest BCUT2D eigenvalue weighted by molar-refractivity contribution is 0.217. The topological polar surface area (TPSA) is 36.3 Å². The number of aromatic nitrogens is 2. The molecule has 4 nitrogen and oxygen atoms in total. The molecule has 0 unspecified atom stereocenters. The number of para-hydroxylation sites is 1. The Hall–Kier alpha value is -1.97. The first-order chi connectivity index (χ1) is 8.75. The van der Waals surface area contributed by atoms with Crippen molar-refractivity contribution < 1.29 is 9.47 Å². The van der Waals surface area contributed by atoms with Gasteiger partial charge in [0.25, 0.3) is 0 Å². The highest BCUT2D eigenvalue weighted by molar-refractivity contribution is 5.20. The Morgan fingerprint density at radius 1 is 1.06 bits per heavy atom. The van der Waals surface area contributed by atoms with Crippen molar-refractivity contribution in [3.8, 4) is 11.5 Å². The van der Waals surface area contributed by atoms with E-state index in [9.17, 15) is 0 Å². The Bertz CT molecular complexity index is 466. The maximum Gasteiger partial charge on any atom is 0.157 e. The highest BCUT2D eigenvalue weighted by atomic mass is 16.5. The summed E-state index contributed by atoms with van der Waals surface area (Å²) in [6.45, 7) is 5.19. The smallest absolute Gasteiger partial charge is 0.157 e. The molecule has 1 aromatic carbocycles. The van der Waals surface area contributed by atoms with Gasteiger partial charge in [-0.3, -0.25) is 4.68 Å². The molecule has 1 aromatic heterocycles. The summed E-state index contributed by atoms with van der Waals surface area (Å²) in [6.07, 6.45) is 3.62. The second-order valence-corrected chi connectivity index (χ2v) is 4.26. The van der Waals surface area contributed by atoms with Crippen LogP contribution in [-0.2, 0) is 0 Å². The third-order valence-corrected chi connectivity index (χ3v) is 2.47. The Labute approximate surface area is 107 Å². The Morgan fingerprint density at radius 2 is 1.72 bits per heavy atom. The van der Waals surface area contributed by atoms with E-state index in [0.717, 1.165) is 11.5 Å². The normalized spacial score (nSPS) is 10.6. The predicted octanol–water partition coefficient (Wildman–Crippen LogP) is 2.92. The Kier molecular flexibility index (Phi) is 4.23. The molecule has 0 spiro atoms. The van der Waals surface area contributed by atoms with Crippen molar-refractivity contribution in [2.45, 2.75) is 19.9 Å². The van der Waals surface area contributed by atoms with Crippen LogP contribution in [0.4, 0.5) is 0 Å². The van der Waals surface area contributed by atoms with E-state index in [-0.39, 0.29) is 0 Å². The zero-order chi connectivity index (χ0) is 12.8. The van der Waals surface area contributed by atoms with Crippen LogP contribution in [0.25, 0.3) is 0 Å². The van der Waals surface area contributed by atoms with Crippen LogP contribution in [0.2, 0.25) is 0 Å². The summed E-state index contributed by atoms with van der Waals surface area (Å²) >= 11 is 0. The van der Waals surface area contributed by atoms with Gasteiger partial charge in [0.1, 0.15) is 19.0 Å². The molecule has 2 rings (SSSR count). The van der Waals surface area contributed by atoms with Crippen molar-refractivity contribution in [3.05, 3.63) is 42.7 Å². The molecule has 0 atom stereocenters. The Morgan fingerprint density at radius 3 is 2.33 bits per heavy atom. The molecule has 4 heteroatoms. The van der Waals surface area contributed by atoms with E-state index in [2.05, 4.69) is 18.9 Å². The van der Waals surface area contributed by atoms with Gasteiger partial charge in [0.15, 0.2) is 5.75 Å². The molecule has 0 aliphatic carbocycles. The van der Waals surface area contributed by atoms with Gasteiger partial charge in [0.2, 0.25) is 0 Å².